The standard InChI is InChI=1S/C19H16F3N3O2/c1-12-4-6-15(14-3-2-8-24-17(12)14)18(26)27-10-9-23-16-7-5-13(11-25-16)19(20,21)22/h2-8,11H,9-10H2,1H3,(H,23,25). The molecule has 8 heteroatoms. The molecule has 27 heavy (non-hydrogen) atoms. The van der Waals surface area contributed by atoms with Crippen LogP contribution in [-0.4, -0.2) is 29.1 Å². The van der Waals surface area contributed by atoms with Gasteiger partial charge in [0.1, 0.15) is 12.4 Å². The van der Waals surface area contributed by atoms with Gasteiger partial charge in [-0.3, -0.25) is 4.98 Å². The maximum Gasteiger partial charge on any atom is 0.417 e. The number of pyridine rings is 2. The van der Waals surface area contributed by atoms with Gasteiger partial charge in [-0.05, 0) is 36.8 Å². The molecule has 3 rings (SSSR count). The maximum atomic E-state index is 12.5. The minimum Gasteiger partial charge on any atom is -0.460 e. The molecule has 0 aliphatic rings. The van der Waals surface area contributed by atoms with Gasteiger partial charge in [0, 0.05) is 17.8 Å². The molecule has 0 saturated carbocycles. The number of hydrogen-bond donors (Lipinski definition) is 1. The van der Waals surface area contributed by atoms with Gasteiger partial charge in [0.05, 0.1) is 23.2 Å². The van der Waals surface area contributed by atoms with Crippen molar-refractivity contribution in [2.24, 2.45) is 0 Å². The van der Waals surface area contributed by atoms with Gasteiger partial charge in [-0.25, -0.2) is 9.78 Å². The highest BCUT2D eigenvalue weighted by Crippen LogP contribution is 2.28. The number of aromatic nitrogens is 2. The number of carbonyl (C=O) groups is 1. The van der Waals surface area contributed by atoms with Crippen molar-refractivity contribution in [3.8, 4) is 0 Å². The lowest BCUT2D eigenvalue weighted by Gasteiger charge is -2.10. The van der Waals surface area contributed by atoms with Crippen molar-refractivity contribution in [2.75, 3.05) is 18.5 Å². The molecule has 2 aromatic heterocycles. The summed E-state index contributed by atoms with van der Waals surface area (Å²) in [6.45, 7) is 2.16. The molecule has 0 atom stereocenters. The van der Waals surface area contributed by atoms with Crippen molar-refractivity contribution >= 4 is 22.7 Å². The Hall–Kier alpha value is -3.16. The quantitative estimate of drug-likeness (QED) is 0.534. The van der Waals surface area contributed by atoms with Gasteiger partial charge in [-0.1, -0.05) is 12.1 Å². The monoisotopic (exact) mass is 375 g/mol. The summed E-state index contributed by atoms with van der Waals surface area (Å²) in [5.74, 6) is -0.223. The summed E-state index contributed by atoms with van der Waals surface area (Å²) in [5, 5.41) is 3.52. The summed E-state index contributed by atoms with van der Waals surface area (Å²) in [7, 11) is 0. The second-order valence-electron chi connectivity index (χ2n) is 5.82. The predicted octanol–water partition coefficient (Wildman–Crippen LogP) is 4.23. The van der Waals surface area contributed by atoms with E-state index in [9.17, 15) is 18.0 Å². The lowest BCUT2D eigenvalue weighted by Crippen LogP contribution is -2.15. The first-order chi connectivity index (χ1) is 12.9. The van der Waals surface area contributed by atoms with Gasteiger partial charge in [0.15, 0.2) is 0 Å². The number of hydrogen-bond acceptors (Lipinski definition) is 5. The molecular weight excluding hydrogens is 359 g/mol. The van der Waals surface area contributed by atoms with Crippen LogP contribution >= 0.6 is 0 Å². The zero-order valence-electron chi connectivity index (χ0n) is 14.4. The largest absolute Gasteiger partial charge is 0.460 e. The van der Waals surface area contributed by atoms with E-state index in [1.165, 1.54) is 6.07 Å². The number of rotatable bonds is 5. The molecule has 0 fully saturated rings. The van der Waals surface area contributed by atoms with Gasteiger partial charge in [-0.2, -0.15) is 13.2 Å². The Morgan fingerprint density at radius 1 is 1.15 bits per heavy atom. The smallest absolute Gasteiger partial charge is 0.417 e. The van der Waals surface area contributed by atoms with E-state index in [2.05, 4.69) is 15.3 Å². The van der Waals surface area contributed by atoms with E-state index in [1.54, 1.807) is 30.5 Å². The Morgan fingerprint density at radius 3 is 2.67 bits per heavy atom. The van der Waals surface area contributed by atoms with Crippen molar-refractivity contribution < 1.29 is 22.7 Å². The van der Waals surface area contributed by atoms with Gasteiger partial charge in [0.2, 0.25) is 0 Å². The molecule has 3 aromatic rings. The minimum absolute atomic E-state index is 0.0389. The van der Waals surface area contributed by atoms with Crippen LogP contribution in [0.2, 0.25) is 0 Å². The number of nitrogens with zero attached hydrogens (tertiary/aromatic N) is 2. The fourth-order valence-corrected chi connectivity index (χ4v) is 2.56. The molecule has 0 radical (unpaired) electrons. The first-order valence-corrected chi connectivity index (χ1v) is 8.15. The van der Waals surface area contributed by atoms with E-state index in [1.807, 2.05) is 6.92 Å². The number of halogens is 3. The summed E-state index contributed by atoms with van der Waals surface area (Å²) in [6, 6.07) is 9.20. The number of anilines is 1. The SMILES string of the molecule is Cc1ccc(C(=O)OCCNc2ccc(C(F)(F)F)cn2)c2cccnc12. The van der Waals surface area contributed by atoms with Crippen LogP contribution in [-0.2, 0) is 10.9 Å². The summed E-state index contributed by atoms with van der Waals surface area (Å²) in [4.78, 5) is 20.3. The summed E-state index contributed by atoms with van der Waals surface area (Å²) in [5.41, 5.74) is 1.28. The van der Waals surface area contributed by atoms with E-state index in [0.717, 1.165) is 23.3 Å². The Kier molecular flexibility index (Phi) is 5.25. The van der Waals surface area contributed by atoms with Crippen LogP contribution in [0.3, 0.4) is 0 Å². The second-order valence-corrected chi connectivity index (χ2v) is 5.82. The molecule has 0 saturated heterocycles. The molecule has 0 amide bonds. The first kappa shape index (κ1) is 18.6. The number of fused-ring (bicyclic) bond motifs is 1. The molecule has 5 nitrogen and oxygen atoms in total. The third-order valence-electron chi connectivity index (χ3n) is 3.92. The van der Waals surface area contributed by atoms with Crippen molar-refractivity contribution in [2.45, 2.75) is 13.1 Å². The fraction of sp³-hybridized carbons (Fsp3) is 0.211. The number of ether oxygens (including phenoxy) is 1. The van der Waals surface area contributed by atoms with E-state index < -0.39 is 17.7 Å². The number of carbonyl (C=O) groups excluding carboxylic acids is 1. The highest BCUT2D eigenvalue weighted by molar-refractivity contribution is 6.04. The zero-order chi connectivity index (χ0) is 19.4. The number of esters is 1. The number of aryl methyl sites for hydroxylation is 1. The van der Waals surface area contributed by atoms with E-state index in [4.69, 9.17) is 4.74 Å². The van der Waals surface area contributed by atoms with Crippen LogP contribution < -0.4 is 5.32 Å². The number of benzene rings is 1. The van der Waals surface area contributed by atoms with Gasteiger partial charge in [-0.15, -0.1) is 0 Å². The topological polar surface area (TPSA) is 64.1 Å². The van der Waals surface area contributed by atoms with Crippen LogP contribution in [0.5, 0.6) is 0 Å². The molecular formula is C19H16F3N3O2. The minimum atomic E-state index is -4.42. The molecule has 0 unspecified atom stereocenters. The normalized spacial score (nSPS) is 11.4. The van der Waals surface area contributed by atoms with Crippen molar-refractivity contribution in [3.05, 3.63) is 65.5 Å². The predicted molar refractivity (Wildman–Crippen MR) is 94.5 cm³/mol. The first-order valence-electron chi connectivity index (χ1n) is 8.15. The van der Waals surface area contributed by atoms with Crippen molar-refractivity contribution in [1.29, 1.82) is 0 Å². The zero-order valence-corrected chi connectivity index (χ0v) is 14.4. The Bertz CT molecular complexity index is 957. The van der Waals surface area contributed by atoms with Gasteiger partial charge in [0.25, 0.3) is 0 Å². The lowest BCUT2D eigenvalue weighted by molar-refractivity contribution is -0.137. The fourth-order valence-electron chi connectivity index (χ4n) is 2.56. The highest BCUT2D eigenvalue weighted by Gasteiger charge is 2.30. The highest BCUT2D eigenvalue weighted by atomic mass is 19.4. The Balaban J connectivity index is 1.57. The number of nitrogens with one attached hydrogen (secondary N) is 1. The van der Waals surface area contributed by atoms with Crippen LogP contribution in [0.25, 0.3) is 10.9 Å². The molecule has 1 N–H and O–H groups in total. The Morgan fingerprint density at radius 2 is 1.96 bits per heavy atom. The van der Waals surface area contributed by atoms with Gasteiger partial charge < -0.3 is 10.1 Å². The molecule has 140 valence electrons. The summed E-state index contributed by atoms with van der Waals surface area (Å²) < 4.78 is 42.7. The van der Waals surface area contributed by atoms with Crippen LogP contribution in [0, 0.1) is 6.92 Å². The summed E-state index contributed by atoms with van der Waals surface area (Å²) >= 11 is 0. The Labute approximate surface area is 153 Å². The van der Waals surface area contributed by atoms with Crippen molar-refractivity contribution in [1.82, 2.24) is 9.97 Å². The molecule has 2 heterocycles. The summed E-state index contributed by atoms with van der Waals surface area (Å²) in [6.07, 6.45) is -2.02. The molecule has 0 bridgehead atoms. The van der Waals surface area contributed by atoms with Crippen molar-refractivity contribution in [3.63, 3.8) is 0 Å². The average Bonchev–Trinajstić information content (AvgIpc) is 2.65. The van der Waals surface area contributed by atoms with E-state index in [0.29, 0.717) is 10.9 Å². The third-order valence-corrected chi connectivity index (χ3v) is 3.92. The van der Waals surface area contributed by atoms with Crippen LogP contribution in [0.4, 0.5) is 19.0 Å². The molecule has 0 aliphatic heterocycles. The third kappa shape index (κ3) is 4.33. The van der Waals surface area contributed by atoms with E-state index in [-0.39, 0.29) is 19.0 Å². The number of alkyl halides is 3. The van der Waals surface area contributed by atoms with Crippen LogP contribution in [0.15, 0.2) is 48.8 Å². The molecule has 1 aromatic carbocycles. The molecule has 0 aliphatic carbocycles. The van der Waals surface area contributed by atoms with Gasteiger partial charge >= 0.3 is 12.1 Å². The van der Waals surface area contributed by atoms with E-state index >= 15 is 0 Å². The lowest BCUT2D eigenvalue weighted by atomic mass is 10.0. The average molecular weight is 375 g/mol. The van der Waals surface area contributed by atoms with Crippen LogP contribution in [0.1, 0.15) is 21.5 Å². The molecule has 0 spiro atoms. The second kappa shape index (κ2) is 7.61. The maximum absolute atomic E-state index is 12.5.